The first kappa shape index (κ1) is 9.96. The van der Waals surface area contributed by atoms with Gasteiger partial charge in [0.2, 0.25) is 0 Å². The van der Waals surface area contributed by atoms with Gasteiger partial charge in [-0.05, 0) is 32.3 Å². The summed E-state index contributed by atoms with van der Waals surface area (Å²) in [4.78, 5) is 22.9. The Morgan fingerprint density at radius 3 is 3.13 bits per heavy atom. The van der Waals surface area contributed by atoms with Crippen molar-refractivity contribution in [3.05, 3.63) is 23.0 Å². The molecule has 1 heterocycles. The number of rotatable bonds is 2. The van der Waals surface area contributed by atoms with Crippen molar-refractivity contribution < 1.29 is 19.1 Å². The maximum atomic E-state index is 11.5. The van der Waals surface area contributed by atoms with E-state index >= 15 is 0 Å². The first-order valence-electron chi connectivity index (χ1n) is 5.07. The minimum Gasteiger partial charge on any atom is -0.462 e. The summed E-state index contributed by atoms with van der Waals surface area (Å²) in [6.07, 6.45) is 4.40. The number of hydrogen-bond donors (Lipinski definition) is 0. The Morgan fingerprint density at radius 2 is 2.40 bits per heavy atom. The third-order valence-corrected chi connectivity index (χ3v) is 2.45. The normalized spacial score (nSPS) is 19.5. The molecule has 1 aliphatic carbocycles. The van der Waals surface area contributed by atoms with E-state index < -0.39 is 11.9 Å². The zero-order valence-electron chi connectivity index (χ0n) is 8.54. The van der Waals surface area contributed by atoms with E-state index in [1.54, 1.807) is 6.92 Å². The van der Waals surface area contributed by atoms with Crippen LogP contribution < -0.4 is 0 Å². The van der Waals surface area contributed by atoms with E-state index in [0.717, 1.165) is 12.8 Å². The van der Waals surface area contributed by atoms with Crippen LogP contribution in [0.4, 0.5) is 0 Å². The number of carbonyl (C=O) groups excluding carboxylic acids is 2. The van der Waals surface area contributed by atoms with E-state index in [4.69, 9.17) is 9.47 Å². The van der Waals surface area contributed by atoms with Crippen molar-refractivity contribution >= 4 is 11.9 Å². The van der Waals surface area contributed by atoms with Crippen LogP contribution in [0.2, 0.25) is 0 Å². The van der Waals surface area contributed by atoms with E-state index in [0.29, 0.717) is 17.8 Å². The summed E-state index contributed by atoms with van der Waals surface area (Å²) in [6.45, 7) is 1.98. The Hall–Kier alpha value is -1.58. The van der Waals surface area contributed by atoms with Crippen molar-refractivity contribution in [1.29, 1.82) is 0 Å². The fraction of sp³-hybridized carbons (Fsp3) is 0.455. The van der Waals surface area contributed by atoms with Gasteiger partial charge in [-0.3, -0.25) is 0 Å². The third-order valence-electron chi connectivity index (χ3n) is 2.45. The highest BCUT2D eigenvalue weighted by Crippen LogP contribution is 2.34. The SMILES string of the molecule is CCOC(=O)C1=C2CCCC=C2OC1=O. The number of esters is 2. The maximum Gasteiger partial charge on any atom is 0.351 e. The molecule has 80 valence electrons. The standard InChI is InChI=1S/C11H12O4/c1-2-14-10(12)9-7-5-3-4-6-8(7)15-11(9)13/h6H,2-5H2,1H3. The fourth-order valence-corrected chi connectivity index (χ4v) is 1.79. The molecular weight excluding hydrogens is 196 g/mol. The highest BCUT2D eigenvalue weighted by Gasteiger charge is 2.36. The molecule has 0 spiro atoms. The van der Waals surface area contributed by atoms with E-state index in [-0.39, 0.29) is 12.2 Å². The summed E-state index contributed by atoms with van der Waals surface area (Å²) in [5, 5.41) is 0. The molecule has 0 radical (unpaired) electrons. The zero-order chi connectivity index (χ0) is 10.8. The second kappa shape index (κ2) is 3.88. The molecule has 0 amide bonds. The van der Waals surface area contributed by atoms with Crippen LogP contribution in [0, 0.1) is 0 Å². The molecule has 0 unspecified atom stereocenters. The van der Waals surface area contributed by atoms with E-state index in [1.807, 2.05) is 6.08 Å². The largest absolute Gasteiger partial charge is 0.462 e. The maximum absolute atomic E-state index is 11.5. The molecule has 0 aromatic heterocycles. The smallest absolute Gasteiger partial charge is 0.351 e. The predicted molar refractivity (Wildman–Crippen MR) is 51.7 cm³/mol. The van der Waals surface area contributed by atoms with Gasteiger partial charge in [0.05, 0.1) is 6.61 Å². The minimum absolute atomic E-state index is 0.0859. The second-order valence-electron chi connectivity index (χ2n) is 3.42. The topological polar surface area (TPSA) is 52.6 Å². The molecule has 0 fully saturated rings. The zero-order valence-corrected chi connectivity index (χ0v) is 8.54. The van der Waals surface area contributed by atoms with Crippen molar-refractivity contribution in [2.24, 2.45) is 0 Å². The summed E-state index contributed by atoms with van der Waals surface area (Å²) in [5.74, 6) is -0.589. The van der Waals surface area contributed by atoms with Crippen molar-refractivity contribution in [3.63, 3.8) is 0 Å². The van der Waals surface area contributed by atoms with Gasteiger partial charge >= 0.3 is 11.9 Å². The molecule has 0 saturated carbocycles. The molecule has 4 heteroatoms. The molecule has 0 saturated heterocycles. The fourth-order valence-electron chi connectivity index (χ4n) is 1.79. The van der Waals surface area contributed by atoms with Crippen molar-refractivity contribution in [3.8, 4) is 0 Å². The lowest BCUT2D eigenvalue weighted by molar-refractivity contribution is -0.143. The molecule has 0 aromatic carbocycles. The first-order valence-corrected chi connectivity index (χ1v) is 5.07. The summed E-state index contributed by atoms with van der Waals surface area (Å²) >= 11 is 0. The van der Waals surface area contributed by atoms with Gasteiger partial charge in [0, 0.05) is 5.57 Å². The van der Waals surface area contributed by atoms with E-state index in [2.05, 4.69) is 0 Å². The second-order valence-corrected chi connectivity index (χ2v) is 3.42. The van der Waals surface area contributed by atoms with Crippen LogP contribution >= 0.6 is 0 Å². The molecule has 4 nitrogen and oxygen atoms in total. The Labute approximate surface area is 87.5 Å². The van der Waals surface area contributed by atoms with Gasteiger partial charge in [-0.2, -0.15) is 0 Å². The quantitative estimate of drug-likeness (QED) is 0.509. The number of carbonyl (C=O) groups is 2. The van der Waals surface area contributed by atoms with Crippen LogP contribution in [0.25, 0.3) is 0 Å². The molecule has 15 heavy (non-hydrogen) atoms. The van der Waals surface area contributed by atoms with Crippen molar-refractivity contribution in [2.75, 3.05) is 6.61 Å². The van der Waals surface area contributed by atoms with Crippen molar-refractivity contribution in [2.45, 2.75) is 26.2 Å². The lowest BCUT2D eigenvalue weighted by Gasteiger charge is -2.09. The third kappa shape index (κ3) is 1.67. The molecule has 0 N–H and O–H groups in total. The Balaban J connectivity index is 2.35. The van der Waals surface area contributed by atoms with Gasteiger partial charge in [-0.25, -0.2) is 9.59 Å². The van der Waals surface area contributed by atoms with Crippen LogP contribution in [0.5, 0.6) is 0 Å². The summed E-state index contributed by atoms with van der Waals surface area (Å²) in [6, 6.07) is 0. The van der Waals surface area contributed by atoms with Gasteiger partial charge in [-0.1, -0.05) is 0 Å². The van der Waals surface area contributed by atoms with Crippen LogP contribution in [0.1, 0.15) is 26.2 Å². The van der Waals surface area contributed by atoms with Gasteiger partial charge in [-0.15, -0.1) is 0 Å². The molecule has 2 aliphatic rings. The Bertz CT molecular complexity index is 376. The molecule has 2 rings (SSSR count). The van der Waals surface area contributed by atoms with Crippen LogP contribution in [0.15, 0.2) is 23.0 Å². The van der Waals surface area contributed by atoms with Crippen LogP contribution in [0.3, 0.4) is 0 Å². The molecule has 0 bridgehead atoms. The lowest BCUT2D eigenvalue weighted by atomic mass is 9.97. The first-order chi connectivity index (χ1) is 7.24. The average molecular weight is 208 g/mol. The summed E-state index contributed by atoms with van der Waals surface area (Å²) in [7, 11) is 0. The van der Waals surface area contributed by atoms with Crippen molar-refractivity contribution in [1.82, 2.24) is 0 Å². The number of allylic oxidation sites excluding steroid dienone is 2. The monoisotopic (exact) mass is 208 g/mol. The van der Waals surface area contributed by atoms with Gasteiger partial charge < -0.3 is 9.47 Å². The molecule has 0 aromatic rings. The molecule has 0 atom stereocenters. The number of fused-ring (bicyclic) bond motifs is 1. The van der Waals surface area contributed by atoms with E-state index in [1.165, 1.54) is 0 Å². The Kier molecular flexibility index (Phi) is 2.58. The minimum atomic E-state index is -0.573. The van der Waals surface area contributed by atoms with Gasteiger partial charge in [0.25, 0.3) is 0 Å². The van der Waals surface area contributed by atoms with Gasteiger partial charge in [0.15, 0.2) is 5.57 Å². The Morgan fingerprint density at radius 1 is 1.60 bits per heavy atom. The highest BCUT2D eigenvalue weighted by atomic mass is 16.6. The number of ether oxygens (including phenoxy) is 2. The number of hydrogen-bond acceptors (Lipinski definition) is 4. The van der Waals surface area contributed by atoms with Gasteiger partial charge in [0.1, 0.15) is 5.76 Å². The lowest BCUT2D eigenvalue weighted by Crippen LogP contribution is -2.14. The van der Waals surface area contributed by atoms with E-state index in [9.17, 15) is 9.59 Å². The van der Waals surface area contributed by atoms with Crippen LogP contribution in [-0.2, 0) is 19.1 Å². The predicted octanol–water partition coefficient (Wildman–Crippen LogP) is 1.47. The average Bonchev–Trinajstić information content (AvgIpc) is 2.54. The molecule has 1 aliphatic heterocycles. The molecular formula is C11H12O4. The summed E-state index contributed by atoms with van der Waals surface area (Å²) < 4.78 is 9.81. The summed E-state index contributed by atoms with van der Waals surface area (Å²) in [5.41, 5.74) is 0.799. The van der Waals surface area contributed by atoms with Crippen LogP contribution in [-0.4, -0.2) is 18.5 Å². The highest BCUT2D eigenvalue weighted by molar-refractivity contribution is 6.17.